The highest BCUT2D eigenvalue weighted by molar-refractivity contribution is 9.10. The Bertz CT molecular complexity index is 539. The first kappa shape index (κ1) is 12.1. The Hall–Kier alpha value is -1.36. The maximum Gasteiger partial charge on any atom is 0.141 e. The van der Waals surface area contributed by atoms with Crippen molar-refractivity contribution in [3.63, 3.8) is 0 Å². The van der Waals surface area contributed by atoms with E-state index >= 15 is 0 Å². The third-order valence-electron chi connectivity index (χ3n) is 2.37. The Kier molecular flexibility index (Phi) is 3.47. The summed E-state index contributed by atoms with van der Waals surface area (Å²) < 4.78 is 21.3. The number of aromatic nitrogens is 2. The summed E-state index contributed by atoms with van der Waals surface area (Å²) in [6.07, 6.45) is 3.49. The van der Waals surface area contributed by atoms with Crippen molar-refractivity contribution < 1.29 is 9.13 Å². The van der Waals surface area contributed by atoms with Gasteiger partial charge >= 0.3 is 0 Å². The molecular weight excluding hydrogens is 287 g/mol. The zero-order valence-corrected chi connectivity index (χ0v) is 11.2. The summed E-state index contributed by atoms with van der Waals surface area (Å²) in [5.41, 5.74) is 0.696. The fourth-order valence-electron chi connectivity index (χ4n) is 1.60. The van der Waals surface area contributed by atoms with Crippen molar-refractivity contribution in [3.05, 3.63) is 34.8 Å². The third kappa shape index (κ3) is 2.34. The molecule has 1 aromatic carbocycles. The van der Waals surface area contributed by atoms with Gasteiger partial charge in [-0.2, -0.15) is 0 Å². The normalized spacial score (nSPS) is 10.6. The monoisotopic (exact) mass is 298 g/mol. The Morgan fingerprint density at radius 2 is 2.24 bits per heavy atom. The van der Waals surface area contributed by atoms with Gasteiger partial charge in [-0.05, 0) is 35.0 Å². The number of hydrogen-bond donors (Lipinski definition) is 0. The number of aryl methyl sites for hydroxylation is 1. The summed E-state index contributed by atoms with van der Waals surface area (Å²) in [6, 6.07) is 3.22. The van der Waals surface area contributed by atoms with Crippen molar-refractivity contribution in [3.8, 4) is 17.1 Å². The standard InChI is InChI=1S/C12H12BrFN2O/c1-3-17-10-7-8(6-9(14)11(10)13)12-15-4-5-16(12)2/h4-7H,3H2,1-2H3. The Labute approximate surface area is 107 Å². The second-order valence-corrected chi connectivity index (χ2v) is 4.36. The number of rotatable bonds is 3. The van der Waals surface area contributed by atoms with Crippen molar-refractivity contribution in [1.29, 1.82) is 0 Å². The smallest absolute Gasteiger partial charge is 0.141 e. The van der Waals surface area contributed by atoms with E-state index in [-0.39, 0.29) is 5.82 Å². The summed E-state index contributed by atoms with van der Waals surface area (Å²) in [7, 11) is 1.86. The van der Waals surface area contributed by atoms with Crippen LogP contribution in [0, 0.1) is 5.82 Å². The lowest BCUT2D eigenvalue weighted by atomic mass is 10.2. The van der Waals surface area contributed by atoms with Gasteiger partial charge in [0.15, 0.2) is 0 Å². The van der Waals surface area contributed by atoms with Crippen LogP contribution in [0.4, 0.5) is 4.39 Å². The van der Waals surface area contributed by atoms with Crippen molar-refractivity contribution in [1.82, 2.24) is 9.55 Å². The molecule has 0 atom stereocenters. The molecule has 0 amide bonds. The van der Waals surface area contributed by atoms with Crippen LogP contribution in [0.3, 0.4) is 0 Å². The molecule has 0 saturated carbocycles. The van der Waals surface area contributed by atoms with Gasteiger partial charge in [-0.1, -0.05) is 0 Å². The largest absolute Gasteiger partial charge is 0.493 e. The molecule has 0 bridgehead atoms. The highest BCUT2D eigenvalue weighted by Gasteiger charge is 2.12. The minimum atomic E-state index is -0.353. The van der Waals surface area contributed by atoms with Crippen LogP contribution in [-0.2, 0) is 7.05 Å². The van der Waals surface area contributed by atoms with E-state index in [1.807, 2.05) is 24.7 Å². The maximum atomic E-state index is 13.7. The van der Waals surface area contributed by atoms with E-state index in [0.29, 0.717) is 28.2 Å². The molecule has 0 unspecified atom stereocenters. The van der Waals surface area contributed by atoms with Gasteiger partial charge in [0.25, 0.3) is 0 Å². The van der Waals surface area contributed by atoms with Crippen LogP contribution >= 0.6 is 15.9 Å². The van der Waals surface area contributed by atoms with Gasteiger partial charge in [0.05, 0.1) is 11.1 Å². The predicted molar refractivity (Wildman–Crippen MR) is 67.5 cm³/mol. The first-order chi connectivity index (χ1) is 8.13. The van der Waals surface area contributed by atoms with Crippen LogP contribution in [0.15, 0.2) is 29.0 Å². The van der Waals surface area contributed by atoms with E-state index in [1.54, 1.807) is 12.3 Å². The second kappa shape index (κ2) is 4.87. The van der Waals surface area contributed by atoms with Crippen molar-refractivity contribution in [2.75, 3.05) is 6.61 Å². The number of hydrogen-bond acceptors (Lipinski definition) is 2. The van der Waals surface area contributed by atoms with E-state index < -0.39 is 0 Å². The van der Waals surface area contributed by atoms with Gasteiger partial charge in [-0.25, -0.2) is 9.37 Å². The Morgan fingerprint density at radius 3 is 2.82 bits per heavy atom. The summed E-state index contributed by atoms with van der Waals surface area (Å²) in [6.45, 7) is 2.35. The van der Waals surface area contributed by atoms with Gasteiger partial charge in [0.2, 0.25) is 0 Å². The van der Waals surface area contributed by atoms with Crippen LogP contribution in [0.2, 0.25) is 0 Å². The zero-order chi connectivity index (χ0) is 12.4. The molecule has 1 aromatic heterocycles. The predicted octanol–water partition coefficient (Wildman–Crippen LogP) is 3.39. The molecular formula is C12H12BrFN2O. The SMILES string of the molecule is CCOc1cc(-c2nccn2C)cc(F)c1Br. The summed E-state index contributed by atoms with van der Waals surface area (Å²) >= 11 is 3.17. The number of halogens is 2. The van der Waals surface area contributed by atoms with Gasteiger partial charge in [0, 0.05) is 25.0 Å². The van der Waals surface area contributed by atoms with Crippen LogP contribution in [0.5, 0.6) is 5.75 Å². The molecule has 0 spiro atoms. The first-order valence-electron chi connectivity index (χ1n) is 5.23. The molecule has 0 aliphatic rings. The number of benzene rings is 1. The second-order valence-electron chi connectivity index (χ2n) is 3.56. The Balaban J connectivity index is 2.53. The van der Waals surface area contributed by atoms with E-state index in [1.165, 1.54) is 6.07 Å². The molecule has 2 rings (SSSR count). The van der Waals surface area contributed by atoms with E-state index in [0.717, 1.165) is 0 Å². The molecule has 0 radical (unpaired) electrons. The molecule has 2 aromatic rings. The summed E-state index contributed by atoms with van der Waals surface area (Å²) in [5, 5.41) is 0. The zero-order valence-electron chi connectivity index (χ0n) is 9.58. The van der Waals surface area contributed by atoms with Crippen LogP contribution in [0.25, 0.3) is 11.4 Å². The average Bonchev–Trinajstić information content (AvgIpc) is 2.71. The molecule has 0 aliphatic heterocycles. The van der Waals surface area contributed by atoms with Gasteiger partial charge in [-0.3, -0.25) is 0 Å². The maximum absolute atomic E-state index is 13.7. The fourth-order valence-corrected chi connectivity index (χ4v) is 1.94. The number of nitrogens with zero attached hydrogens (tertiary/aromatic N) is 2. The molecule has 0 N–H and O–H groups in total. The highest BCUT2D eigenvalue weighted by atomic mass is 79.9. The number of imidazole rings is 1. The minimum Gasteiger partial charge on any atom is -0.493 e. The fraction of sp³-hybridized carbons (Fsp3) is 0.250. The molecule has 17 heavy (non-hydrogen) atoms. The van der Waals surface area contributed by atoms with Gasteiger partial charge in [-0.15, -0.1) is 0 Å². The van der Waals surface area contributed by atoms with Gasteiger partial charge in [0.1, 0.15) is 17.4 Å². The molecule has 3 nitrogen and oxygen atoms in total. The van der Waals surface area contributed by atoms with E-state index in [9.17, 15) is 4.39 Å². The number of ether oxygens (including phenoxy) is 1. The quantitative estimate of drug-likeness (QED) is 0.868. The van der Waals surface area contributed by atoms with Crippen LogP contribution in [0.1, 0.15) is 6.92 Å². The third-order valence-corrected chi connectivity index (χ3v) is 3.14. The lowest BCUT2D eigenvalue weighted by Gasteiger charge is -2.09. The highest BCUT2D eigenvalue weighted by Crippen LogP contribution is 2.32. The van der Waals surface area contributed by atoms with E-state index in [4.69, 9.17) is 4.74 Å². The molecule has 0 fully saturated rings. The van der Waals surface area contributed by atoms with Gasteiger partial charge < -0.3 is 9.30 Å². The van der Waals surface area contributed by atoms with Crippen LogP contribution < -0.4 is 4.74 Å². The first-order valence-corrected chi connectivity index (χ1v) is 6.02. The van der Waals surface area contributed by atoms with Crippen molar-refractivity contribution in [2.24, 2.45) is 7.05 Å². The minimum absolute atomic E-state index is 0.345. The molecule has 5 heteroatoms. The van der Waals surface area contributed by atoms with Crippen molar-refractivity contribution >= 4 is 15.9 Å². The summed E-state index contributed by atoms with van der Waals surface area (Å²) in [4.78, 5) is 4.18. The average molecular weight is 299 g/mol. The Morgan fingerprint density at radius 1 is 1.47 bits per heavy atom. The topological polar surface area (TPSA) is 27.1 Å². The van der Waals surface area contributed by atoms with E-state index in [2.05, 4.69) is 20.9 Å². The van der Waals surface area contributed by atoms with Crippen LogP contribution in [-0.4, -0.2) is 16.2 Å². The lowest BCUT2D eigenvalue weighted by Crippen LogP contribution is -1.97. The molecule has 1 heterocycles. The molecule has 0 aliphatic carbocycles. The molecule has 0 saturated heterocycles. The summed E-state index contributed by atoms with van der Waals surface area (Å²) in [5.74, 6) is 0.844. The van der Waals surface area contributed by atoms with Crippen molar-refractivity contribution in [2.45, 2.75) is 6.92 Å². The lowest BCUT2D eigenvalue weighted by molar-refractivity contribution is 0.336. The molecule has 90 valence electrons.